The van der Waals surface area contributed by atoms with E-state index < -0.39 is 18.2 Å². The zero-order valence-corrected chi connectivity index (χ0v) is 16.2. The number of hydrogen-bond acceptors (Lipinski definition) is 5. The van der Waals surface area contributed by atoms with Crippen LogP contribution in [-0.2, 0) is 4.79 Å². The van der Waals surface area contributed by atoms with Gasteiger partial charge in [0.1, 0.15) is 0 Å². The van der Waals surface area contributed by atoms with Gasteiger partial charge in [0, 0.05) is 5.56 Å². The quantitative estimate of drug-likeness (QED) is 0.634. The zero-order valence-electron chi connectivity index (χ0n) is 16.2. The minimum atomic E-state index is -1.19. The van der Waals surface area contributed by atoms with Crippen LogP contribution in [0.1, 0.15) is 44.3 Å². The molecule has 0 saturated heterocycles. The Kier molecular flexibility index (Phi) is 6.63. The van der Waals surface area contributed by atoms with Crippen LogP contribution in [0.5, 0.6) is 23.0 Å². The number of benzene rings is 2. The van der Waals surface area contributed by atoms with E-state index in [1.807, 2.05) is 6.07 Å². The number of para-hydroxylation sites is 3. The van der Waals surface area contributed by atoms with Crippen molar-refractivity contribution in [2.24, 2.45) is 0 Å². The van der Waals surface area contributed by atoms with Gasteiger partial charge in [-0.1, -0.05) is 50.5 Å². The molecule has 1 aliphatic rings. The summed E-state index contributed by atoms with van der Waals surface area (Å²) >= 11 is 0. The number of ether oxygens (including phenoxy) is 4. The zero-order chi connectivity index (χ0) is 19.9. The monoisotopic (exact) mass is 386 g/mol. The predicted octanol–water partition coefficient (Wildman–Crippen LogP) is 4.62. The molecule has 0 fully saturated rings. The van der Waals surface area contributed by atoms with Gasteiger partial charge in [-0.2, -0.15) is 0 Å². The molecule has 2 atom stereocenters. The van der Waals surface area contributed by atoms with Gasteiger partial charge in [0.2, 0.25) is 6.10 Å². The van der Waals surface area contributed by atoms with E-state index in [9.17, 15) is 9.90 Å². The predicted molar refractivity (Wildman–Crippen MR) is 104 cm³/mol. The number of carboxylic acid groups (broad SMARTS) is 1. The highest BCUT2D eigenvalue weighted by Gasteiger charge is 2.40. The molecule has 0 aliphatic carbocycles. The first kappa shape index (κ1) is 19.9. The van der Waals surface area contributed by atoms with Crippen molar-refractivity contribution >= 4 is 5.97 Å². The summed E-state index contributed by atoms with van der Waals surface area (Å²) in [6.07, 6.45) is 2.25. The molecule has 0 saturated carbocycles. The van der Waals surface area contributed by atoms with Gasteiger partial charge in [0.05, 0.1) is 13.7 Å². The second-order valence-electron chi connectivity index (χ2n) is 6.65. The van der Waals surface area contributed by atoms with Gasteiger partial charge >= 0.3 is 5.97 Å². The summed E-state index contributed by atoms with van der Waals surface area (Å²) in [6, 6.07) is 12.4. The molecule has 0 aromatic heterocycles. The Balaban J connectivity index is 1.91. The van der Waals surface area contributed by atoms with Crippen molar-refractivity contribution in [3.8, 4) is 23.0 Å². The van der Waals surface area contributed by atoms with Crippen LogP contribution >= 0.6 is 0 Å². The summed E-state index contributed by atoms with van der Waals surface area (Å²) in [4.78, 5) is 11.9. The van der Waals surface area contributed by atoms with E-state index >= 15 is 0 Å². The van der Waals surface area contributed by atoms with Crippen molar-refractivity contribution in [1.82, 2.24) is 0 Å². The third-order valence-electron chi connectivity index (χ3n) is 4.66. The Morgan fingerprint density at radius 2 is 1.79 bits per heavy atom. The molecule has 150 valence electrons. The molecule has 2 aromatic carbocycles. The molecule has 0 spiro atoms. The van der Waals surface area contributed by atoms with Crippen molar-refractivity contribution in [1.29, 1.82) is 0 Å². The van der Waals surface area contributed by atoms with Crippen LogP contribution in [0.4, 0.5) is 0 Å². The topological polar surface area (TPSA) is 74.2 Å². The lowest BCUT2D eigenvalue weighted by Gasteiger charge is -2.32. The van der Waals surface area contributed by atoms with Gasteiger partial charge in [-0.3, -0.25) is 0 Å². The van der Waals surface area contributed by atoms with Crippen molar-refractivity contribution in [2.75, 3.05) is 13.7 Å². The van der Waals surface area contributed by atoms with Gasteiger partial charge in [-0.15, -0.1) is 0 Å². The van der Waals surface area contributed by atoms with Crippen LogP contribution in [0.15, 0.2) is 42.5 Å². The molecule has 2 aromatic rings. The first-order chi connectivity index (χ1) is 13.7. The lowest BCUT2D eigenvalue weighted by molar-refractivity contribution is -0.151. The number of aliphatic carboxylic acids is 1. The number of fused-ring (bicyclic) bond motifs is 1. The Labute approximate surface area is 165 Å². The average Bonchev–Trinajstić information content (AvgIpc) is 2.72. The average molecular weight is 386 g/mol. The molecule has 6 heteroatoms. The van der Waals surface area contributed by atoms with E-state index in [0.29, 0.717) is 35.2 Å². The molecule has 1 N–H and O–H groups in total. The maximum Gasteiger partial charge on any atom is 0.349 e. The van der Waals surface area contributed by atoms with Gasteiger partial charge in [0.25, 0.3) is 0 Å². The maximum absolute atomic E-state index is 11.9. The fourth-order valence-corrected chi connectivity index (χ4v) is 3.22. The van der Waals surface area contributed by atoms with E-state index in [2.05, 4.69) is 6.92 Å². The standard InChI is InChI=1S/C22H26O6/c1-3-4-5-8-14-26-19-15(10-9-13-18(19)25-2)20-21(22(23)24)28-17-12-7-6-11-16(17)27-20/h6-7,9-13,20-21H,3-5,8,14H2,1-2H3,(H,23,24). The Morgan fingerprint density at radius 3 is 2.46 bits per heavy atom. The summed E-state index contributed by atoms with van der Waals surface area (Å²) in [5.74, 6) is 0.856. The van der Waals surface area contributed by atoms with Crippen LogP contribution in [0.3, 0.4) is 0 Å². The number of unbranched alkanes of at least 4 members (excludes halogenated alkanes) is 3. The molecule has 0 amide bonds. The van der Waals surface area contributed by atoms with Gasteiger partial charge < -0.3 is 24.1 Å². The van der Waals surface area contributed by atoms with Crippen LogP contribution in [0.25, 0.3) is 0 Å². The molecular weight excluding hydrogens is 360 g/mol. The fraction of sp³-hybridized carbons (Fsp3) is 0.409. The van der Waals surface area contributed by atoms with Gasteiger partial charge in [-0.25, -0.2) is 4.79 Å². The Morgan fingerprint density at radius 1 is 1.04 bits per heavy atom. The van der Waals surface area contributed by atoms with Crippen molar-refractivity contribution in [3.05, 3.63) is 48.0 Å². The highest BCUT2D eigenvalue weighted by atomic mass is 16.6. The molecule has 28 heavy (non-hydrogen) atoms. The summed E-state index contributed by atoms with van der Waals surface area (Å²) < 4.78 is 23.2. The first-order valence-corrected chi connectivity index (χ1v) is 9.60. The SMILES string of the molecule is CCCCCCOc1c(OC)cccc1C1Oc2ccccc2OC1C(=O)O. The molecule has 0 bridgehead atoms. The normalized spacial score (nSPS) is 17.8. The third-order valence-corrected chi connectivity index (χ3v) is 4.66. The summed E-state index contributed by atoms with van der Waals surface area (Å²) in [7, 11) is 1.56. The molecule has 0 radical (unpaired) electrons. The molecule has 6 nitrogen and oxygen atoms in total. The lowest BCUT2D eigenvalue weighted by Crippen LogP contribution is -2.39. The smallest absolute Gasteiger partial charge is 0.349 e. The number of carboxylic acids is 1. The van der Waals surface area contributed by atoms with Gasteiger partial charge in [-0.05, 0) is 24.6 Å². The minimum Gasteiger partial charge on any atom is -0.493 e. The molecule has 2 unspecified atom stereocenters. The minimum absolute atomic E-state index is 0.413. The van der Waals surface area contributed by atoms with Gasteiger partial charge in [0.15, 0.2) is 29.1 Å². The number of carbonyl (C=O) groups is 1. The molecular formula is C22H26O6. The third kappa shape index (κ3) is 4.32. The Hall–Kier alpha value is -2.89. The highest BCUT2D eigenvalue weighted by molar-refractivity contribution is 5.75. The lowest BCUT2D eigenvalue weighted by atomic mass is 10.0. The summed E-state index contributed by atoms with van der Waals surface area (Å²) in [6.45, 7) is 2.68. The number of methoxy groups -OCH3 is 1. The number of hydrogen-bond donors (Lipinski definition) is 1. The highest BCUT2D eigenvalue weighted by Crippen LogP contribution is 2.44. The van der Waals surface area contributed by atoms with Crippen LogP contribution < -0.4 is 18.9 Å². The van der Waals surface area contributed by atoms with E-state index in [4.69, 9.17) is 18.9 Å². The van der Waals surface area contributed by atoms with E-state index in [0.717, 1.165) is 25.7 Å². The van der Waals surface area contributed by atoms with Crippen LogP contribution in [-0.4, -0.2) is 30.9 Å². The summed E-state index contributed by atoms with van der Waals surface area (Å²) in [5, 5.41) is 9.71. The first-order valence-electron chi connectivity index (χ1n) is 9.60. The fourth-order valence-electron chi connectivity index (χ4n) is 3.22. The maximum atomic E-state index is 11.9. The second kappa shape index (κ2) is 9.35. The summed E-state index contributed by atoms with van der Waals surface area (Å²) in [5.41, 5.74) is 0.594. The number of rotatable bonds is 9. The van der Waals surface area contributed by atoms with E-state index in [1.165, 1.54) is 0 Å². The molecule has 1 heterocycles. The molecule has 3 rings (SSSR count). The van der Waals surface area contributed by atoms with E-state index in [-0.39, 0.29) is 0 Å². The van der Waals surface area contributed by atoms with Crippen molar-refractivity contribution in [2.45, 2.75) is 44.8 Å². The van der Waals surface area contributed by atoms with Crippen LogP contribution in [0, 0.1) is 0 Å². The second-order valence-corrected chi connectivity index (χ2v) is 6.65. The largest absolute Gasteiger partial charge is 0.493 e. The van der Waals surface area contributed by atoms with Crippen molar-refractivity contribution in [3.63, 3.8) is 0 Å². The Bertz CT molecular complexity index is 803. The molecule has 1 aliphatic heterocycles. The van der Waals surface area contributed by atoms with Crippen LogP contribution in [0.2, 0.25) is 0 Å². The van der Waals surface area contributed by atoms with Crippen molar-refractivity contribution < 1.29 is 28.8 Å². The van der Waals surface area contributed by atoms with E-state index in [1.54, 1.807) is 43.5 Å².